The molecule has 6 N–H and O–H groups in total. The lowest BCUT2D eigenvalue weighted by Gasteiger charge is -2.10. The number of aliphatic hydroxyl groups is 1. The van der Waals surface area contributed by atoms with Crippen molar-refractivity contribution < 1.29 is 19.8 Å². The Morgan fingerprint density at radius 3 is 2.48 bits per heavy atom. The van der Waals surface area contributed by atoms with E-state index in [0.29, 0.717) is 30.3 Å². The summed E-state index contributed by atoms with van der Waals surface area (Å²) in [5.74, 6) is 0.279. The van der Waals surface area contributed by atoms with Gasteiger partial charge in [-0.3, -0.25) is 9.59 Å². The van der Waals surface area contributed by atoms with Crippen LogP contribution >= 0.6 is 0 Å². The van der Waals surface area contributed by atoms with Crippen molar-refractivity contribution >= 4 is 11.9 Å². The van der Waals surface area contributed by atoms with Crippen LogP contribution in [0.5, 0.6) is 0 Å². The third-order valence-electron chi connectivity index (χ3n) is 4.04. The molecule has 3 rings (SSSR count). The number of carbonyl (C=O) groups is 2. The summed E-state index contributed by atoms with van der Waals surface area (Å²) >= 11 is 0. The number of aryl methyl sites for hydroxylation is 1. The Labute approximate surface area is 156 Å². The Balaban J connectivity index is 0.000000596. The summed E-state index contributed by atoms with van der Waals surface area (Å²) in [5.41, 5.74) is 12.0. The molecule has 0 saturated heterocycles. The second-order valence-electron chi connectivity index (χ2n) is 6.50. The minimum Gasteiger partial charge on any atom is -0.481 e. The largest absolute Gasteiger partial charge is 0.481 e. The van der Waals surface area contributed by atoms with Crippen molar-refractivity contribution in [2.75, 3.05) is 0 Å². The van der Waals surface area contributed by atoms with Crippen molar-refractivity contribution in [2.24, 2.45) is 11.5 Å². The molecular formula is C17H24N6O4. The van der Waals surface area contributed by atoms with E-state index in [0.717, 1.165) is 12.6 Å². The molecule has 2 aromatic heterocycles. The van der Waals surface area contributed by atoms with Gasteiger partial charge in [0.05, 0.1) is 12.5 Å². The van der Waals surface area contributed by atoms with Crippen LogP contribution in [0.4, 0.5) is 0 Å². The van der Waals surface area contributed by atoms with Gasteiger partial charge >= 0.3 is 0 Å². The smallest absolute Gasteiger partial charge is 0.300 e. The molecule has 1 fully saturated rings. The maximum atomic E-state index is 11.2. The lowest BCUT2D eigenvalue weighted by Crippen LogP contribution is -2.28. The van der Waals surface area contributed by atoms with Crippen molar-refractivity contribution in [1.82, 2.24) is 19.7 Å². The van der Waals surface area contributed by atoms with Crippen LogP contribution in [0.25, 0.3) is 5.82 Å². The van der Waals surface area contributed by atoms with Crippen LogP contribution in [0, 0.1) is 6.92 Å². The fraction of sp³-hybridized carbons (Fsp3) is 0.471. The molecule has 0 aliphatic heterocycles. The summed E-state index contributed by atoms with van der Waals surface area (Å²) in [4.78, 5) is 29.1. The highest BCUT2D eigenvalue weighted by Gasteiger charge is 2.35. The van der Waals surface area contributed by atoms with Gasteiger partial charge in [0, 0.05) is 24.6 Å². The van der Waals surface area contributed by atoms with Crippen LogP contribution in [-0.2, 0) is 16.0 Å². The summed E-state index contributed by atoms with van der Waals surface area (Å²) in [7, 11) is 0. The highest BCUT2D eigenvalue weighted by atomic mass is 16.4. The summed E-state index contributed by atoms with van der Waals surface area (Å²) in [5, 5.41) is 21.7. The minimum atomic E-state index is -0.833. The number of pyridine rings is 1. The van der Waals surface area contributed by atoms with Crippen LogP contribution in [0.1, 0.15) is 43.0 Å². The van der Waals surface area contributed by atoms with Gasteiger partial charge in [0.25, 0.3) is 5.97 Å². The molecule has 0 bridgehead atoms. The average molecular weight is 376 g/mol. The molecule has 0 spiro atoms. The van der Waals surface area contributed by atoms with Crippen molar-refractivity contribution in [3.63, 3.8) is 0 Å². The normalized spacial score (nSPS) is 21.4. The first kappa shape index (κ1) is 20.5. The molecule has 1 aliphatic carbocycles. The van der Waals surface area contributed by atoms with Gasteiger partial charge in [0.2, 0.25) is 5.91 Å². The van der Waals surface area contributed by atoms with Crippen LogP contribution in [0.15, 0.2) is 18.2 Å². The number of amides is 1. The zero-order valence-corrected chi connectivity index (χ0v) is 15.2. The standard InChI is InChI=1S/C15H20N6O2.C2H4O2/c1-8-3-2-4-14(18-8)21-15(9-5-10(16)11(22)6-9)19-13(20-21)7-12(17)23;1-2(3)4/h2-4,9-11,22H,5-7,16H2,1H3,(H2,17,23);1H3,(H,3,4)/t9-,10+,11+;/m0./s1. The second-order valence-corrected chi connectivity index (χ2v) is 6.50. The SMILES string of the molecule is CC(=O)O.Cc1cccc(-n2nc(CC(N)=O)nc2[C@H]2C[C@@H](N)[C@H](O)C2)n1. The quantitative estimate of drug-likeness (QED) is 0.561. The molecule has 0 radical (unpaired) electrons. The lowest BCUT2D eigenvalue weighted by molar-refractivity contribution is -0.134. The number of carbonyl (C=O) groups excluding carboxylic acids is 1. The maximum absolute atomic E-state index is 11.2. The first-order valence-corrected chi connectivity index (χ1v) is 8.48. The van der Waals surface area contributed by atoms with Crippen molar-refractivity contribution in [2.45, 2.75) is 51.2 Å². The highest BCUT2D eigenvalue weighted by molar-refractivity contribution is 5.75. The predicted molar refractivity (Wildman–Crippen MR) is 96.1 cm³/mol. The molecule has 27 heavy (non-hydrogen) atoms. The van der Waals surface area contributed by atoms with E-state index in [9.17, 15) is 9.90 Å². The van der Waals surface area contributed by atoms with Gasteiger partial charge in [-0.25, -0.2) is 9.97 Å². The van der Waals surface area contributed by atoms with E-state index < -0.39 is 18.0 Å². The van der Waals surface area contributed by atoms with Gasteiger partial charge in [-0.1, -0.05) is 6.07 Å². The number of aliphatic carboxylic acids is 1. The Hall–Kier alpha value is -2.85. The molecule has 1 saturated carbocycles. The minimum absolute atomic E-state index is 0.0311. The van der Waals surface area contributed by atoms with E-state index >= 15 is 0 Å². The zero-order valence-electron chi connectivity index (χ0n) is 15.2. The molecular weight excluding hydrogens is 352 g/mol. The number of hydrogen-bond acceptors (Lipinski definition) is 7. The van der Waals surface area contributed by atoms with E-state index in [1.54, 1.807) is 4.68 Å². The maximum Gasteiger partial charge on any atom is 0.300 e. The number of carboxylic acids is 1. The fourth-order valence-corrected chi connectivity index (χ4v) is 2.94. The van der Waals surface area contributed by atoms with Gasteiger partial charge in [0.1, 0.15) is 5.82 Å². The molecule has 1 aliphatic rings. The Bertz CT molecular complexity index is 808. The van der Waals surface area contributed by atoms with Crippen LogP contribution in [0.3, 0.4) is 0 Å². The molecule has 2 heterocycles. The first-order valence-electron chi connectivity index (χ1n) is 8.48. The van der Waals surface area contributed by atoms with E-state index in [1.165, 1.54) is 0 Å². The van der Waals surface area contributed by atoms with Gasteiger partial charge in [-0.05, 0) is 31.9 Å². The third kappa shape index (κ3) is 5.56. The highest BCUT2D eigenvalue weighted by Crippen LogP contribution is 2.33. The number of primary amides is 1. The summed E-state index contributed by atoms with van der Waals surface area (Å²) < 4.78 is 1.63. The summed E-state index contributed by atoms with van der Waals surface area (Å²) in [6, 6.07) is 5.31. The topological polar surface area (TPSA) is 170 Å². The van der Waals surface area contributed by atoms with Crippen molar-refractivity contribution in [3.05, 3.63) is 35.5 Å². The Morgan fingerprint density at radius 2 is 1.96 bits per heavy atom. The van der Waals surface area contributed by atoms with Crippen LogP contribution in [0.2, 0.25) is 0 Å². The number of rotatable bonds is 4. The molecule has 3 atom stereocenters. The number of hydrogen-bond donors (Lipinski definition) is 4. The lowest BCUT2D eigenvalue weighted by atomic mass is 10.1. The molecule has 0 unspecified atom stereocenters. The van der Waals surface area contributed by atoms with E-state index in [-0.39, 0.29) is 18.4 Å². The molecule has 0 aromatic carbocycles. The van der Waals surface area contributed by atoms with Crippen LogP contribution in [-0.4, -0.2) is 54.0 Å². The van der Waals surface area contributed by atoms with E-state index in [4.69, 9.17) is 21.4 Å². The third-order valence-corrected chi connectivity index (χ3v) is 4.04. The molecule has 146 valence electrons. The molecule has 2 aromatic rings. The number of aliphatic hydroxyl groups excluding tert-OH is 1. The number of aromatic nitrogens is 4. The Morgan fingerprint density at radius 1 is 1.30 bits per heavy atom. The van der Waals surface area contributed by atoms with Gasteiger partial charge in [-0.2, -0.15) is 4.68 Å². The number of nitrogens with zero attached hydrogens (tertiary/aromatic N) is 4. The number of nitrogens with two attached hydrogens (primary N) is 2. The van der Waals surface area contributed by atoms with Gasteiger partial charge in [-0.15, -0.1) is 5.10 Å². The Kier molecular flexibility index (Phi) is 6.59. The number of carboxylic acid groups (broad SMARTS) is 1. The monoisotopic (exact) mass is 376 g/mol. The van der Waals surface area contributed by atoms with E-state index in [2.05, 4.69) is 15.1 Å². The van der Waals surface area contributed by atoms with Crippen molar-refractivity contribution in [3.8, 4) is 5.82 Å². The fourth-order valence-electron chi connectivity index (χ4n) is 2.94. The zero-order chi connectivity index (χ0) is 20.1. The first-order chi connectivity index (χ1) is 12.7. The average Bonchev–Trinajstić information content (AvgIpc) is 3.10. The summed E-state index contributed by atoms with van der Waals surface area (Å²) in [6.07, 6.45) is 0.534. The summed E-state index contributed by atoms with van der Waals surface area (Å²) in [6.45, 7) is 2.97. The predicted octanol–water partition coefficient (Wildman–Crippen LogP) is -0.345. The molecule has 1 amide bonds. The molecule has 10 nitrogen and oxygen atoms in total. The van der Waals surface area contributed by atoms with Crippen LogP contribution < -0.4 is 11.5 Å². The second kappa shape index (κ2) is 8.69. The van der Waals surface area contributed by atoms with Gasteiger partial charge < -0.3 is 21.7 Å². The van der Waals surface area contributed by atoms with Gasteiger partial charge in [0.15, 0.2) is 11.6 Å². The van der Waals surface area contributed by atoms with Crippen molar-refractivity contribution in [1.29, 1.82) is 0 Å². The molecule has 10 heteroatoms. The van der Waals surface area contributed by atoms with E-state index in [1.807, 2.05) is 25.1 Å².